The van der Waals surface area contributed by atoms with Crippen molar-refractivity contribution in [2.24, 2.45) is 0 Å². The van der Waals surface area contributed by atoms with Crippen molar-refractivity contribution < 1.29 is 51.1 Å². The van der Waals surface area contributed by atoms with Crippen molar-refractivity contribution in [3.63, 3.8) is 0 Å². The van der Waals surface area contributed by atoms with Crippen LogP contribution in [0.2, 0.25) is 0 Å². The van der Waals surface area contributed by atoms with Crippen LogP contribution in [0.4, 0.5) is 0 Å². The summed E-state index contributed by atoms with van der Waals surface area (Å²) in [7, 11) is -13.8. The molecule has 0 amide bonds. The molecule has 0 saturated heterocycles. The zero-order valence-corrected chi connectivity index (χ0v) is 14.8. The van der Waals surface area contributed by atoms with Gasteiger partial charge in [0.25, 0.3) is 0 Å². The standard InChI is InChI=1S/C6H11O11P5/c7-18(8)14-20(10)16-22(12)17-21(11)15-19(9)13-6-4-2-1-3-5-6/h1-5,7-12H. The van der Waals surface area contributed by atoms with Crippen LogP contribution in [-0.4, -0.2) is 29.4 Å². The number of para-hydroxylation sites is 1. The highest BCUT2D eigenvalue weighted by atomic mass is 31.3. The Morgan fingerprint density at radius 3 is 1.55 bits per heavy atom. The van der Waals surface area contributed by atoms with Crippen LogP contribution in [0.3, 0.4) is 0 Å². The van der Waals surface area contributed by atoms with E-state index in [1.54, 1.807) is 18.2 Å². The van der Waals surface area contributed by atoms with Gasteiger partial charge in [-0.2, -0.15) is 0 Å². The van der Waals surface area contributed by atoms with E-state index in [2.05, 4.69) is 17.2 Å². The maximum absolute atomic E-state index is 9.43. The molecule has 0 aliphatic rings. The summed E-state index contributed by atoms with van der Waals surface area (Å²) in [5.41, 5.74) is 0. The summed E-state index contributed by atoms with van der Waals surface area (Å²) >= 11 is 0. The van der Waals surface area contributed by atoms with Crippen LogP contribution in [0.1, 0.15) is 0 Å². The smallest absolute Gasteiger partial charge is 0.401 e. The van der Waals surface area contributed by atoms with Gasteiger partial charge in [0.2, 0.25) is 0 Å². The van der Waals surface area contributed by atoms with Crippen molar-refractivity contribution in [2.45, 2.75) is 0 Å². The first-order valence-electron chi connectivity index (χ1n) is 4.96. The van der Waals surface area contributed by atoms with Gasteiger partial charge in [0, 0.05) is 0 Å². The predicted molar refractivity (Wildman–Crippen MR) is 79.3 cm³/mol. The molecule has 1 aromatic carbocycles. The molecule has 16 heteroatoms. The SMILES string of the molecule is OP(O)OP(O)OP(O)OP(O)OP(O)Oc1ccccc1. The van der Waals surface area contributed by atoms with E-state index < -0.39 is 43.0 Å². The third kappa shape index (κ3) is 9.81. The predicted octanol–water partition coefficient (Wildman–Crippen LogP) is 2.22. The van der Waals surface area contributed by atoms with Crippen LogP contribution in [0.15, 0.2) is 30.3 Å². The van der Waals surface area contributed by atoms with Crippen molar-refractivity contribution in [1.29, 1.82) is 0 Å². The van der Waals surface area contributed by atoms with Crippen LogP contribution in [0.5, 0.6) is 5.75 Å². The Balaban J connectivity index is 2.28. The fourth-order valence-electron chi connectivity index (χ4n) is 0.875. The lowest BCUT2D eigenvalue weighted by Gasteiger charge is -2.17. The largest absolute Gasteiger partial charge is 0.427 e. The molecule has 1 rings (SSSR count). The maximum Gasteiger partial charge on any atom is 0.401 e. The zero-order valence-electron chi connectivity index (χ0n) is 10.3. The van der Waals surface area contributed by atoms with Gasteiger partial charge in [-0.05, 0) is 12.1 Å². The Hall–Kier alpha value is 0.770. The highest BCUT2D eigenvalue weighted by molar-refractivity contribution is 7.64. The Morgan fingerprint density at radius 1 is 0.591 bits per heavy atom. The molecule has 11 nitrogen and oxygen atoms in total. The lowest BCUT2D eigenvalue weighted by Crippen LogP contribution is -1.91. The lowest BCUT2D eigenvalue weighted by atomic mass is 10.3. The molecule has 126 valence electrons. The number of rotatable bonds is 10. The minimum atomic E-state index is -2.88. The van der Waals surface area contributed by atoms with E-state index in [0.717, 1.165) is 0 Å². The first-order chi connectivity index (χ1) is 10.4. The van der Waals surface area contributed by atoms with E-state index in [1.807, 2.05) is 0 Å². The molecule has 0 aromatic heterocycles. The molecular weight excluding hydrogens is 403 g/mol. The van der Waals surface area contributed by atoms with E-state index in [-0.39, 0.29) is 5.75 Å². The maximum atomic E-state index is 9.43. The summed E-state index contributed by atoms with van der Waals surface area (Å²) in [5.74, 6) is 0.286. The van der Waals surface area contributed by atoms with Crippen LogP contribution in [0.25, 0.3) is 0 Å². The molecule has 0 aliphatic heterocycles. The molecular formula is C6H11O11P5. The third-order valence-electron chi connectivity index (χ3n) is 1.49. The third-order valence-corrected chi connectivity index (χ3v) is 6.35. The van der Waals surface area contributed by atoms with Crippen LogP contribution < -0.4 is 4.52 Å². The second-order valence-corrected chi connectivity index (χ2v) is 8.14. The van der Waals surface area contributed by atoms with Crippen molar-refractivity contribution in [2.75, 3.05) is 0 Å². The zero-order chi connectivity index (χ0) is 16.5. The fourth-order valence-corrected chi connectivity index (χ4v) is 4.41. The molecule has 0 radical (unpaired) electrons. The van der Waals surface area contributed by atoms with Crippen LogP contribution in [-0.2, 0) is 17.2 Å². The van der Waals surface area contributed by atoms with Gasteiger partial charge in [-0.1, -0.05) is 18.2 Å². The summed E-state index contributed by atoms with van der Waals surface area (Å²) in [6, 6.07) is 8.10. The van der Waals surface area contributed by atoms with Crippen molar-refractivity contribution in [3.05, 3.63) is 30.3 Å². The van der Waals surface area contributed by atoms with Gasteiger partial charge in [0.05, 0.1) is 0 Å². The lowest BCUT2D eigenvalue weighted by molar-refractivity contribution is 0.291. The first kappa shape index (κ1) is 20.8. The minimum Gasteiger partial charge on any atom is -0.427 e. The normalized spacial score (nSPS) is 17.0. The van der Waals surface area contributed by atoms with Gasteiger partial charge in [0.1, 0.15) is 5.75 Å². The van der Waals surface area contributed by atoms with E-state index in [4.69, 9.17) is 19.2 Å². The van der Waals surface area contributed by atoms with Gasteiger partial charge in [-0.3, -0.25) is 0 Å². The summed E-state index contributed by atoms with van der Waals surface area (Å²) in [5, 5.41) is 0. The number of hydrogen-bond donors (Lipinski definition) is 6. The minimum absolute atomic E-state index is 0.286. The number of benzene rings is 1. The summed E-state index contributed by atoms with van der Waals surface area (Å²) < 4.78 is 22.2. The van der Waals surface area contributed by atoms with E-state index in [9.17, 15) is 14.7 Å². The second kappa shape index (κ2) is 11.3. The van der Waals surface area contributed by atoms with E-state index in [1.165, 1.54) is 12.1 Å². The van der Waals surface area contributed by atoms with Crippen molar-refractivity contribution in [1.82, 2.24) is 0 Å². The monoisotopic (exact) mass is 414 g/mol. The van der Waals surface area contributed by atoms with Gasteiger partial charge in [0.15, 0.2) is 0 Å². The average Bonchev–Trinajstić information content (AvgIpc) is 2.37. The molecule has 0 heterocycles. The molecule has 0 aliphatic carbocycles. The van der Waals surface area contributed by atoms with E-state index in [0.29, 0.717) is 0 Å². The molecule has 6 N–H and O–H groups in total. The molecule has 0 bridgehead atoms. The van der Waals surface area contributed by atoms with Crippen LogP contribution >= 0.6 is 43.0 Å². The summed E-state index contributed by atoms with van der Waals surface area (Å²) in [6.45, 7) is 0. The molecule has 4 atom stereocenters. The first-order valence-corrected chi connectivity index (χ1v) is 10.6. The van der Waals surface area contributed by atoms with Crippen molar-refractivity contribution >= 4 is 43.0 Å². The van der Waals surface area contributed by atoms with E-state index >= 15 is 0 Å². The Bertz CT molecular complexity index is 411. The summed E-state index contributed by atoms with van der Waals surface area (Å²) in [4.78, 5) is 53.8. The van der Waals surface area contributed by atoms with Gasteiger partial charge >= 0.3 is 43.0 Å². The van der Waals surface area contributed by atoms with Gasteiger partial charge in [-0.15, -0.1) is 0 Å². The molecule has 0 saturated carbocycles. The number of hydrogen-bond acceptors (Lipinski definition) is 11. The highest BCUT2D eigenvalue weighted by Crippen LogP contribution is 2.62. The molecule has 0 fully saturated rings. The molecule has 22 heavy (non-hydrogen) atoms. The fraction of sp³-hybridized carbons (Fsp3) is 0. The average molecular weight is 414 g/mol. The van der Waals surface area contributed by atoms with Gasteiger partial charge in [-0.25, -0.2) is 17.2 Å². The quantitative estimate of drug-likeness (QED) is 0.311. The highest BCUT2D eigenvalue weighted by Gasteiger charge is 2.26. The molecule has 4 unspecified atom stereocenters. The second-order valence-electron chi connectivity index (χ2n) is 2.94. The topological polar surface area (TPSA) is 168 Å². The molecule has 1 aromatic rings. The van der Waals surface area contributed by atoms with Crippen LogP contribution in [0, 0.1) is 0 Å². The van der Waals surface area contributed by atoms with Crippen molar-refractivity contribution in [3.8, 4) is 5.75 Å². The van der Waals surface area contributed by atoms with Gasteiger partial charge < -0.3 is 33.9 Å². The Kier molecular flexibility index (Phi) is 10.7. The Labute approximate surface area is 131 Å². The Morgan fingerprint density at radius 2 is 1.05 bits per heavy atom. The molecule has 0 spiro atoms. The summed E-state index contributed by atoms with van der Waals surface area (Å²) in [6.07, 6.45) is 0.